The van der Waals surface area contributed by atoms with Crippen LogP contribution in [0.25, 0.3) is 0 Å². The minimum absolute atomic E-state index is 0.0518. The van der Waals surface area contributed by atoms with Crippen LogP contribution in [0, 0.1) is 0 Å². The fourth-order valence-corrected chi connectivity index (χ4v) is 3.58. The summed E-state index contributed by atoms with van der Waals surface area (Å²) in [6.07, 6.45) is 13.2. The van der Waals surface area contributed by atoms with Crippen LogP contribution in [0.1, 0.15) is 82.3 Å². The number of halogens is 1. The third kappa shape index (κ3) is 11.2. The van der Waals surface area contributed by atoms with Gasteiger partial charge >= 0.3 is 0 Å². The predicted molar refractivity (Wildman–Crippen MR) is 136 cm³/mol. The highest BCUT2D eigenvalue weighted by Crippen LogP contribution is 2.28. The first-order valence-corrected chi connectivity index (χ1v) is 12.4. The smallest absolute Gasteiger partial charge is 0.240 e. The number of carbonyl (C=O) groups is 1. The summed E-state index contributed by atoms with van der Waals surface area (Å²) < 4.78 is 11.3. The molecule has 1 amide bonds. The number of unbranched alkanes of at least 4 members (excludes halogenated alkanes) is 8. The topological polar surface area (TPSA) is 59.9 Å². The molecule has 0 spiro atoms. The molecule has 2 aromatic carbocycles. The highest BCUT2D eigenvalue weighted by molar-refractivity contribution is 6.30. The molecular weight excluding hydrogens is 436 g/mol. The van der Waals surface area contributed by atoms with Crippen molar-refractivity contribution in [2.75, 3.05) is 7.11 Å². The van der Waals surface area contributed by atoms with Crippen LogP contribution >= 0.6 is 11.6 Å². The summed E-state index contributed by atoms with van der Waals surface area (Å²) in [6.45, 7) is 2.65. The van der Waals surface area contributed by atoms with E-state index in [1.807, 2.05) is 42.5 Å². The maximum Gasteiger partial charge on any atom is 0.240 e. The number of hydrogen-bond donors (Lipinski definition) is 1. The molecule has 0 fully saturated rings. The van der Waals surface area contributed by atoms with E-state index in [1.54, 1.807) is 13.3 Å². The number of benzene rings is 2. The van der Waals surface area contributed by atoms with E-state index in [4.69, 9.17) is 21.1 Å². The van der Waals surface area contributed by atoms with Gasteiger partial charge in [0.1, 0.15) is 6.61 Å². The van der Waals surface area contributed by atoms with E-state index in [-0.39, 0.29) is 5.91 Å². The molecule has 0 unspecified atom stereocenters. The molecule has 0 atom stereocenters. The van der Waals surface area contributed by atoms with E-state index < -0.39 is 0 Å². The Morgan fingerprint density at radius 2 is 1.61 bits per heavy atom. The van der Waals surface area contributed by atoms with Gasteiger partial charge in [-0.3, -0.25) is 4.79 Å². The van der Waals surface area contributed by atoms with Crippen molar-refractivity contribution in [1.29, 1.82) is 0 Å². The molecule has 1 N–H and O–H groups in total. The van der Waals surface area contributed by atoms with Crippen molar-refractivity contribution in [3.8, 4) is 11.5 Å². The van der Waals surface area contributed by atoms with E-state index >= 15 is 0 Å². The molecule has 0 aliphatic rings. The van der Waals surface area contributed by atoms with Crippen molar-refractivity contribution >= 4 is 23.7 Å². The molecule has 2 rings (SSSR count). The van der Waals surface area contributed by atoms with E-state index in [0.717, 1.165) is 24.0 Å². The van der Waals surface area contributed by atoms with Crippen molar-refractivity contribution in [2.24, 2.45) is 5.10 Å². The Morgan fingerprint density at radius 1 is 0.939 bits per heavy atom. The molecule has 0 bridgehead atoms. The van der Waals surface area contributed by atoms with Crippen LogP contribution in [-0.4, -0.2) is 19.2 Å². The van der Waals surface area contributed by atoms with Gasteiger partial charge in [-0.2, -0.15) is 5.10 Å². The summed E-state index contributed by atoms with van der Waals surface area (Å²) in [5.41, 5.74) is 4.44. The van der Waals surface area contributed by atoms with Crippen molar-refractivity contribution < 1.29 is 14.3 Å². The molecule has 180 valence electrons. The van der Waals surface area contributed by atoms with Gasteiger partial charge in [-0.1, -0.05) is 82.0 Å². The fourth-order valence-electron chi connectivity index (χ4n) is 3.46. The predicted octanol–water partition coefficient (Wildman–Crippen LogP) is 7.30. The summed E-state index contributed by atoms with van der Waals surface area (Å²) in [5, 5.41) is 4.77. The standard InChI is InChI=1S/C27H37ClN2O3/c1-3-4-5-6-7-8-9-10-11-12-27(31)30-29-20-23-15-18-25(26(19-23)32-2)33-21-22-13-16-24(28)17-14-22/h13-20H,3-12,21H2,1-2H3,(H,30,31). The van der Waals surface area contributed by atoms with Gasteiger partial charge in [-0.25, -0.2) is 5.43 Å². The number of ether oxygens (including phenoxy) is 2. The number of amides is 1. The molecule has 0 saturated heterocycles. The van der Waals surface area contributed by atoms with Crippen LogP contribution in [0.15, 0.2) is 47.6 Å². The van der Waals surface area contributed by atoms with Crippen LogP contribution in [0.4, 0.5) is 0 Å². The number of nitrogens with zero attached hydrogens (tertiary/aromatic N) is 1. The molecule has 0 aliphatic carbocycles. The minimum atomic E-state index is -0.0518. The Hall–Kier alpha value is -2.53. The summed E-state index contributed by atoms with van der Waals surface area (Å²) >= 11 is 5.92. The second-order valence-corrected chi connectivity index (χ2v) is 8.63. The molecule has 0 radical (unpaired) electrons. The number of carbonyl (C=O) groups excluding carboxylic acids is 1. The zero-order valence-electron chi connectivity index (χ0n) is 19.9. The average Bonchev–Trinajstić information content (AvgIpc) is 2.83. The van der Waals surface area contributed by atoms with E-state index in [1.165, 1.54) is 44.9 Å². The highest BCUT2D eigenvalue weighted by Gasteiger charge is 2.06. The highest BCUT2D eigenvalue weighted by atomic mass is 35.5. The van der Waals surface area contributed by atoms with Gasteiger partial charge in [-0.15, -0.1) is 0 Å². The second kappa shape index (κ2) is 16.1. The molecule has 0 aromatic heterocycles. The SMILES string of the molecule is CCCCCCCCCCCC(=O)NN=Cc1ccc(OCc2ccc(Cl)cc2)c(OC)c1. The van der Waals surface area contributed by atoms with Crippen LogP contribution in [0.2, 0.25) is 5.02 Å². The van der Waals surface area contributed by atoms with Gasteiger partial charge in [0, 0.05) is 11.4 Å². The van der Waals surface area contributed by atoms with E-state index in [0.29, 0.717) is 29.5 Å². The number of hydrogen-bond acceptors (Lipinski definition) is 4. The quantitative estimate of drug-likeness (QED) is 0.158. The Kier molecular flexibility index (Phi) is 13.1. The lowest BCUT2D eigenvalue weighted by molar-refractivity contribution is -0.121. The Balaban J connectivity index is 1.68. The number of nitrogens with one attached hydrogen (secondary N) is 1. The summed E-state index contributed by atoms with van der Waals surface area (Å²) in [5.74, 6) is 1.19. The van der Waals surface area contributed by atoms with Gasteiger partial charge in [0.15, 0.2) is 11.5 Å². The van der Waals surface area contributed by atoms with Crippen molar-refractivity contribution in [3.63, 3.8) is 0 Å². The van der Waals surface area contributed by atoms with Gasteiger partial charge in [-0.05, 0) is 47.9 Å². The minimum Gasteiger partial charge on any atom is -0.493 e. The van der Waals surface area contributed by atoms with Gasteiger partial charge < -0.3 is 9.47 Å². The summed E-state index contributed by atoms with van der Waals surface area (Å²) in [4.78, 5) is 12.0. The lowest BCUT2D eigenvalue weighted by Gasteiger charge is -2.11. The monoisotopic (exact) mass is 472 g/mol. The van der Waals surface area contributed by atoms with Crippen molar-refractivity contribution in [1.82, 2.24) is 5.43 Å². The molecule has 33 heavy (non-hydrogen) atoms. The Labute approximate surface area is 203 Å². The first-order chi connectivity index (χ1) is 16.1. The molecule has 0 saturated carbocycles. The lowest BCUT2D eigenvalue weighted by Crippen LogP contribution is -2.16. The first kappa shape index (κ1) is 26.7. The first-order valence-electron chi connectivity index (χ1n) is 12.0. The largest absolute Gasteiger partial charge is 0.493 e. The maximum absolute atomic E-state index is 12.0. The lowest BCUT2D eigenvalue weighted by atomic mass is 10.1. The third-order valence-electron chi connectivity index (χ3n) is 5.41. The molecule has 0 aliphatic heterocycles. The molecular formula is C27H37ClN2O3. The van der Waals surface area contributed by atoms with Gasteiger partial charge in [0.05, 0.1) is 13.3 Å². The third-order valence-corrected chi connectivity index (χ3v) is 5.66. The van der Waals surface area contributed by atoms with Crippen LogP contribution in [0.3, 0.4) is 0 Å². The maximum atomic E-state index is 12.0. The number of rotatable bonds is 16. The molecule has 6 heteroatoms. The van der Waals surface area contributed by atoms with Crippen molar-refractivity contribution in [2.45, 2.75) is 77.7 Å². The Bertz CT molecular complexity index is 853. The van der Waals surface area contributed by atoms with Crippen LogP contribution < -0.4 is 14.9 Å². The second-order valence-electron chi connectivity index (χ2n) is 8.20. The normalized spacial score (nSPS) is 11.0. The molecule has 2 aromatic rings. The van der Waals surface area contributed by atoms with Crippen LogP contribution in [-0.2, 0) is 11.4 Å². The Morgan fingerprint density at radius 3 is 2.27 bits per heavy atom. The molecule has 0 heterocycles. The summed E-state index contributed by atoms with van der Waals surface area (Å²) in [7, 11) is 1.60. The molecule has 5 nitrogen and oxygen atoms in total. The zero-order chi connectivity index (χ0) is 23.7. The van der Waals surface area contributed by atoms with Gasteiger partial charge in [0.2, 0.25) is 5.91 Å². The number of methoxy groups -OCH3 is 1. The fraction of sp³-hybridized carbons (Fsp3) is 0.481. The van der Waals surface area contributed by atoms with Crippen LogP contribution in [0.5, 0.6) is 11.5 Å². The van der Waals surface area contributed by atoms with E-state index in [2.05, 4.69) is 17.5 Å². The van der Waals surface area contributed by atoms with E-state index in [9.17, 15) is 4.79 Å². The number of hydrazone groups is 1. The average molecular weight is 473 g/mol. The van der Waals surface area contributed by atoms with Crippen molar-refractivity contribution in [3.05, 3.63) is 58.6 Å². The zero-order valence-corrected chi connectivity index (χ0v) is 20.7. The van der Waals surface area contributed by atoms with Gasteiger partial charge in [0.25, 0.3) is 0 Å². The summed E-state index contributed by atoms with van der Waals surface area (Å²) in [6, 6.07) is 13.0.